The first-order chi connectivity index (χ1) is 8.67. The van der Waals surface area contributed by atoms with Gasteiger partial charge in [0, 0.05) is 0 Å². The monoisotopic (exact) mass is 244 g/mol. The summed E-state index contributed by atoms with van der Waals surface area (Å²) in [6.45, 7) is 4.11. The Morgan fingerprint density at radius 1 is 1.22 bits per heavy atom. The van der Waals surface area contributed by atoms with E-state index in [1.54, 1.807) is 0 Å². The van der Waals surface area contributed by atoms with Crippen LogP contribution in [0.3, 0.4) is 0 Å². The summed E-state index contributed by atoms with van der Waals surface area (Å²) in [4.78, 5) is 19.5. The van der Waals surface area contributed by atoms with Gasteiger partial charge in [-0.25, -0.2) is 9.78 Å². The molecule has 0 saturated heterocycles. The Morgan fingerprint density at radius 3 is 2.33 bits per heavy atom. The highest BCUT2D eigenvalue weighted by Gasteiger charge is 2.10. The van der Waals surface area contributed by atoms with Crippen molar-refractivity contribution in [3.63, 3.8) is 0 Å². The van der Waals surface area contributed by atoms with Crippen LogP contribution < -0.4 is 11.4 Å². The fourth-order valence-corrected chi connectivity index (χ4v) is 2.02. The number of aromatic nitrogens is 3. The lowest BCUT2D eigenvalue weighted by molar-refractivity contribution is 0.841. The van der Waals surface area contributed by atoms with E-state index in [-0.39, 0.29) is 5.95 Å². The van der Waals surface area contributed by atoms with Crippen LogP contribution in [0.1, 0.15) is 25.0 Å². The van der Waals surface area contributed by atoms with Crippen LogP contribution in [0.15, 0.2) is 29.3 Å². The number of aryl methyl sites for hydroxylation is 2. The number of hydrogen-bond acceptors (Lipinski definition) is 4. The van der Waals surface area contributed by atoms with Gasteiger partial charge in [-0.2, -0.15) is 4.98 Å². The van der Waals surface area contributed by atoms with Crippen LogP contribution in [-0.2, 0) is 12.8 Å². The van der Waals surface area contributed by atoms with E-state index in [0.717, 1.165) is 29.7 Å². The van der Waals surface area contributed by atoms with Crippen LogP contribution in [0.4, 0.5) is 5.95 Å². The van der Waals surface area contributed by atoms with Crippen molar-refractivity contribution in [1.29, 1.82) is 0 Å². The summed E-state index contributed by atoms with van der Waals surface area (Å²) in [6, 6.07) is 6.03. The molecule has 1 heterocycles. The highest BCUT2D eigenvalue weighted by atomic mass is 16.1. The molecule has 0 bridgehead atoms. The predicted molar refractivity (Wildman–Crippen MR) is 70.8 cm³/mol. The molecule has 0 atom stereocenters. The van der Waals surface area contributed by atoms with Gasteiger partial charge in [0.1, 0.15) is 6.33 Å². The Hall–Kier alpha value is -2.17. The van der Waals surface area contributed by atoms with Gasteiger partial charge in [0.15, 0.2) is 0 Å². The topological polar surface area (TPSA) is 73.8 Å². The Morgan fingerprint density at radius 2 is 1.83 bits per heavy atom. The van der Waals surface area contributed by atoms with Crippen LogP contribution in [-0.4, -0.2) is 14.5 Å². The largest absolute Gasteiger partial charge is 0.368 e. The van der Waals surface area contributed by atoms with Crippen LogP contribution in [0.5, 0.6) is 0 Å². The molecule has 2 aromatic rings. The van der Waals surface area contributed by atoms with Crippen LogP contribution >= 0.6 is 0 Å². The van der Waals surface area contributed by atoms with Gasteiger partial charge in [0.05, 0.1) is 5.69 Å². The second-order valence-corrected chi connectivity index (χ2v) is 4.00. The molecule has 2 N–H and O–H groups in total. The van der Waals surface area contributed by atoms with Gasteiger partial charge in [0.25, 0.3) is 0 Å². The standard InChI is InChI=1S/C13H16N4O/c1-3-9-6-5-7-10(4-2)11(9)17-8-15-12(14)16-13(17)18/h5-8H,3-4H2,1-2H3,(H2,14,16,18). The number of para-hydroxylation sites is 1. The molecule has 5 nitrogen and oxygen atoms in total. The zero-order chi connectivity index (χ0) is 13.1. The summed E-state index contributed by atoms with van der Waals surface area (Å²) in [5.74, 6) is 0.00304. The van der Waals surface area contributed by atoms with E-state index < -0.39 is 5.69 Å². The molecule has 0 amide bonds. The average molecular weight is 244 g/mol. The number of rotatable bonds is 3. The zero-order valence-corrected chi connectivity index (χ0v) is 10.6. The highest BCUT2D eigenvalue weighted by Crippen LogP contribution is 2.19. The van der Waals surface area contributed by atoms with Gasteiger partial charge in [0.2, 0.25) is 5.95 Å². The van der Waals surface area contributed by atoms with E-state index in [2.05, 4.69) is 23.8 Å². The molecule has 1 aromatic heterocycles. The minimum atomic E-state index is -0.391. The number of hydrogen-bond donors (Lipinski definition) is 1. The molecule has 0 saturated carbocycles. The lowest BCUT2D eigenvalue weighted by Crippen LogP contribution is -2.25. The summed E-state index contributed by atoms with van der Waals surface area (Å²) in [5.41, 5.74) is 8.11. The molecular weight excluding hydrogens is 228 g/mol. The number of anilines is 1. The van der Waals surface area contributed by atoms with Crippen molar-refractivity contribution < 1.29 is 0 Å². The van der Waals surface area contributed by atoms with E-state index in [1.807, 2.05) is 18.2 Å². The lowest BCUT2D eigenvalue weighted by Gasteiger charge is -2.14. The Balaban J connectivity index is 2.73. The smallest absolute Gasteiger partial charge is 0.356 e. The number of nitrogens with two attached hydrogens (primary N) is 1. The first-order valence-electron chi connectivity index (χ1n) is 5.99. The van der Waals surface area contributed by atoms with Crippen molar-refractivity contribution in [2.45, 2.75) is 26.7 Å². The van der Waals surface area contributed by atoms with E-state index in [0.29, 0.717) is 0 Å². The minimum Gasteiger partial charge on any atom is -0.368 e. The summed E-state index contributed by atoms with van der Waals surface area (Å²) < 4.78 is 1.47. The molecule has 0 fully saturated rings. The molecular formula is C13H16N4O. The maximum absolute atomic E-state index is 11.9. The number of nitrogen functional groups attached to an aromatic ring is 1. The fraction of sp³-hybridized carbons (Fsp3) is 0.308. The van der Waals surface area contributed by atoms with Crippen molar-refractivity contribution >= 4 is 5.95 Å². The minimum absolute atomic E-state index is 0.00304. The summed E-state index contributed by atoms with van der Waals surface area (Å²) >= 11 is 0. The summed E-state index contributed by atoms with van der Waals surface area (Å²) in [6.07, 6.45) is 3.14. The Labute approximate surface area is 105 Å². The van der Waals surface area contributed by atoms with Crippen LogP contribution in [0.2, 0.25) is 0 Å². The molecule has 1 aromatic carbocycles. The van der Waals surface area contributed by atoms with E-state index in [9.17, 15) is 4.79 Å². The third-order valence-corrected chi connectivity index (χ3v) is 2.93. The molecule has 94 valence electrons. The van der Waals surface area contributed by atoms with E-state index in [4.69, 9.17) is 5.73 Å². The highest BCUT2D eigenvalue weighted by molar-refractivity contribution is 5.48. The Kier molecular flexibility index (Phi) is 3.41. The van der Waals surface area contributed by atoms with Crippen LogP contribution in [0.25, 0.3) is 5.69 Å². The number of benzene rings is 1. The van der Waals surface area contributed by atoms with E-state index in [1.165, 1.54) is 10.9 Å². The van der Waals surface area contributed by atoms with Gasteiger partial charge < -0.3 is 5.73 Å². The molecule has 18 heavy (non-hydrogen) atoms. The normalized spacial score (nSPS) is 10.6. The fourth-order valence-electron chi connectivity index (χ4n) is 2.02. The van der Waals surface area contributed by atoms with Crippen LogP contribution in [0, 0.1) is 0 Å². The molecule has 0 unspecified atom stereocenters. The van der Waals surface area contributed by atoms with E-state index >= 15 is 0 Å². The quantitative estimate of drug-likeness (QED) is 0.884. The second-order valence-electron chi connectivity index (χ2n) is 4.00. The van der Waals surface area contributed by atoms with Gasteiger partial charge in [-0.05, 0) is 24.0 Å². The maximum Gasteiger partial charge on any atom is 0.356 e. The average Bonchev–Trinajstić information content (AvgIpc) is 2.38. The number of nitrogens with zero attached hydrogens (tertiary/aromatic N) is 3. The van der Waals surface area contributed by atoms with Crippen molar-refractivity contribution in [3.05, 3.63) is 46.1 Å². The molecule has 0 spiro atoms. The molecule has 0 aliphatic carbocycles. The van der Waals surface area contributed by atoms with Crippen molar-refractivity contribution in [1.82, 2.24) is 14.5 Å². The first-order valence-corrected chi connectivity index (χ1v) is 5.99. The third-order valence-electron chi connectivity index (χ3n) is 2.93. The maximum atomic E-state index is 11.9. The lowest BCUT2D eigenvalue weighted by atomic mass is 10.0. The molecule has 5 heteroatoms. The van der Waals surface area contributed by atoms with Gasteiger partial charge in [-0.1, -0.05) is 32.0 Å². The molecule has 0 aliphatic heterocycles. The Bertz CT molecular complexity index is 596. The van der Waals surface area contributed by atoms with Crippen molar-refractivity contribution in [2.75, 3.05) is 5.73 Å². The van der Waals surface area contributed by atoms with Crippen molar-refractivity contribution in [2.24, 2.45) is 0 Å². The predicted octanol–water partition coefficient (Wildman–Crippen LogP) is 1.33. The van der Waals surface area contributed by atoms with Gasteiger partial charge in [-0.3, -0.25) is 4.57 Å². The summed E-state index contributed by atoms with van der Waals surface area (Å²) in [5, 5.41) is 0. The third kappa shape index (κ3) is 2.11. The first kappa shape index (κ1) is 12.3. The van der Waals surface area contributed by atoms with Gasteiger partial charge >= 0.3 is 5.69 Å². The molecule has 0 radical (unpaired) electrons. The molecule has 0 aliphatic rings. The van der Waals surface area contributed by atoms with Crippen molar-refractivity contribution in [3.8, 4) is 5.69 Å². The second kappa shape index (κ2) is 5.00. The SMILES string of the molecule is CCc1cccc(CC)c1-n1cnc(N)nc1=O. The van der Waals surface area contributed by atoms with Gasteiger partial charge in [-0.15, -0.1) is 0 Å². The summed E-state index contributed by atoms with van der Waals surface area (Å²) in [7, 11) is 0. The molecule has 2 rings (SSSR count). The zero-order valence-electron chi connectivity index (χ0n) is 10.6.